The lowest BCUT2D eigenvalue weighted by Crippen LogP contribution is -2.26. The number of benzene rings is 1. The van der Waals surface area contributed by atoms with Crippen molar-refractivity contribution in [2.75, 3.05) is 20.2 Å². The van der Waals surface area contributed by atoms with Gasteiger partial charge >= 0.3 is 5.97 Å². The van der Waals surface area contributed by atoms with Crippen LogP contribution in [-0.4, -0.2) is 31.1 Å². The maximum atomic E-state index is 12.9. The van der Waals surface area contributed by atoms with E-state index in [2.05, 4.69) is 9.64 Å². The summed E-state index contributed by atoms with van der Waals surface area (Å²) in [6, 6.07) is 4.35. The number of ether oxygens (including phenoxy) is 1. The Morgan fingerprint density at radius 3 is 2.78 bits per heavy atom. The highest BCUT2D eigenvalue weighted by Crippen LogP contribution is 2.19. The smallest absolute Gasteiger partial charge is 0.306 e. The monoisotopic (exact) mass is 273 g/mol. The molecule has 0 aliphatic rings. The Bertz CT molecular complexity index is 412. The van der Waals surface area contributed by atoms with Crippen LogP contribution in [0.2, 0.25) is 5.02 Å². The molecular weight excluding hydrogens is 257 g/mol. The molecule has 0 fully saturated rings. The number of hydrogen-bond donors (Lipinski definition) is 0. The van der Waals surface area contributed by atoms with E-state index in [1.807, 2.05) is 6.92 Å². The van der Waals surface area contributed by atoms with Crippen LogP contribution in [-0.2, 0) is 16.1 Å². The van der Waals surface area contributed by atoms with E-state index < -0.39 is 0 Å². The summed E-state index contributed by atoms with van der Waals surface area (Å²) in [4.78, 5) is 13.1. The lowest BCUT2D eigenvalue weighted by Gasteiger charge is -2.20. The van der Waals surface area contributed by atoms with Crippen molar-refractivity contribution < 1.29 is 13.9 Å². The molecule has 1 rings (SSSR count). The first-order chi connectivity index (χ1) is 8.56. The molecule has 0 amide bonds. The molecule has 18 heavy (non-hydrogen) atoms. The van der Waals surface area contributed by atoms with Crippen molar-refractivity contribution in [3.63, 3.8) is 0 Å². The third-order valence-electron chi connectivity index (χ3n) is 2.72. The molecule has 1 aromatic rings. The Morgan fingerprint density at radius 2 is 2.22 bits per heavy atom. The Balaban J connectivity index is 2.59. The zero-order valence-corrected chi connectivity index (χ0v) is 11.3. The van der Waals surface area contributed by atoms with E-state index in [4.69, 9.17) is 11.6 Å². The van der Waals surface area contributed by atoms with Crippen LogP contribution in [0, 0.1) is 5.82 Å². The van der Waals surface area contributed by atoms with E-state index in [9.17, 15) is 9.18 Å². The van der Waals surface area contributed by atoms with Gasteiger partial charge in [0.05, 0.1) is 13.5 Å². The molecule has 0 spiro atoms. The van der Waals surface area contributed by atoms with E-state index in [1.165, 1.54) is 19.2 Å². The van der Waals surface area contributed by atoms with E-state index in [1.54, 1.807) is 6.07 Å². The number of halogens is 2. The number of carbonyl (C=O) groups excluding carboxylic acids is 1. The van der Waals surface area contributed by atoms with E-state index in [0.717, 1.165) is 12.1 Å². The normalized spacial score (nSPS) is 10.7. The molecule has 0 aromatic heterocycles. The number of esters is 1. The van der Waals surface area contributed by atoms with E-state index in [0.29, 0.717) is 24.5 Å². The standard InChI is InChI=1S/C13H17ClFNO2/c1-3-16(7-6-13(17)18-2)9-10-4-5-11(15)8-12(10)14/h4-5,8H,3,6-7,9H2,1-2H3. The second-order valence-corrected chi connectivity index (χ2v) is 4.34. The summed E-state index contributed by atoms with van der Waals surface area (Å²) in [7, 11) is 1.37. The second kappa shape index (κ2) is 7.34. The molecule has 0 radical (unpaired) electrons. The fraction of sp³-hybridized carbons (Fsp3) is 0.462. The molecule has 0 atom stereocenters. The maximum absolute atomic E-state index is 12.9. The Labute approximate surface area is 111 Å². The fourth-order valence-electron chi connectivity index (χ4n) is 1.59. The van der Waals surface area contributed by atoms with Crippen LogP contribution < -0.4 is 0 Å². The van der Waals surface area contributed by atoms with Crippen LogP contribution in [0.3, 0.4) is 0 Å². The highest BCUT2D eigenvalue weighted by atomic mass is 35.5. The molecule has 0 saturated heterocycles. The zero-order valence-electron chi connectivity index (χ0n) is 10.6. The van der Waals surface area contributed by atoms with Crippen molar-refractivity contribution in [1.29, 1.82) is 0 Å². The molecule has 5 heteroatoms. The van der Waals surface area contributed by atoms with Crippen LogP contribution >= 0.6 is 11.6 Å². The summed E-state index contributed by atoms with van der Waals surface area (Å²) >= 11 is 5.96. The second-order valence-electron chi connectivity index (χ2n) is 3.93. The third-order valence-corrected chi connectivity index (χ3v) is 3.07. The summed E-state index contributed by atoms with van der Waals surface area (Å²) in [5.74, 6) is -0.583. The van der Waals surface area contributed by atoms with Gasteiger partial charge in [-0.2, -0.15) is 0 Å². The van der Waals surface area contributed by atoms with Gasteiger partial charge in [-0.25, -0.2) is 4.39 Å². The quantitative estimate of drug-likeness (QED) is 0.747. The van der Waals surface area contributed by atoms with Crippen LogP contribution in [0.25, 0.3) is 0 Å². The van der Waals surface area contributed by atoms with Gasteiger partial charge in [-0.15, -0.1) is 0 Å². The molecular formula is C13H17ClFNO2. The van der Waals surface area contributed by atoms with Gasteiger partial charge in [0.15, 0.2) is 0 Å². The summed E-state index contributed by atoms with van der Waals surface area (Å²) in [6.07, 6.45) is 0.336. The number of methoxy groups -OCH3 is 1. The van der Waals surface area contributed by atoms with Gasteiger partial charge in [-0.05, 0) is 24.2 Å². The Morgan fingerprint density at radius 1 is 1.50 bits per heavy atom. The summed E-state index contributed by atoms with van der Waals surface area (Å²) in [6.45, 7) is 3.96. The minimum atomic E-state index is -0.346. The van der Waals surface area contributed by atoms with Crippen LogP contribution in [0.4, 0.5) is 4.39 Å². The molecule has 0 N–H and O–H groups in total. The summed E-state index contributed by atoms with van der Waals surface area (Å²) in [5.41, 5.74) is 0.852. The Hall–Kier alpha value is -1.13. The molecule has 0 aliphatic carbocycles. The van der Waals surface area contributed by atoms with Crippen molar-refractivity contribution in [2.24, 2.45) is 0 Å². The summed E-state index contributed by atoms with van der Waals surface area (Å²) < 4.78 is 17.5. The molecule has 0 heterocycles. The predicted octanol–water partition coefficient (Wildman–Crippen LogP) is 2.86. The number of carbonyl (C=O) groups is 1. The first-order valence-corrected chi connectivity index (χ1v) is 6.17. The van der Waals surface area contributed by atoms with Crippen LogP contribution in [0.1, 0.15) is 18.9 Å². The van der Waals surface area contributed by atoms with Gasteiger partial charge in [0.2, 0.25) is 0 Å². The van der Waals surface area contributed by atoms with E-state index in [-0.39, 0.29) is 11.8 Å². The molecule has 0 bridgehead atoms. The van der Waals surface area contributed by atoms with Crippen molar-refractivity contribution >= 4 is 17.6 Å². The van der Waals surface area contributed by atoms with Crippen molar-refractivity contribution in [2.45, 2.75) is 19.9 Å². The van der Waals surface area contributed by atoms with E-state index >= 15 is 0 Å². The SMILES string of the molecule is CCN(CCC(=O)OC)Cc1ccc(F)cc1Cl. The molecule has 0 saturated carbocycles. The van der Waals surface area contributed by atoms with Crippen molar-refractivity contribution in [3.8, 4) is 0 Å². The first kappa shape index (κ1) is 14.9. The number of hydrogen-bond acceptors (Lipinski definition) is 3. The minimum absolute atomic E-state index is 0.237. The van der Waals surface area contributed by atoms with Gasteiger partial charge in [0.25, 0.3) is 0 Å². The van der Waals surface area contributed by atoms with Crippen LogP contribution in [0.15, 0.2) is 18.2 Å². The lowest BCUT2D eigenvalue weighted by atomic mass is 10.2. The molecule has 100 valence electrons. The predicted molar refractivity (Wildman–Crippen MR) is 69.0 cm³/mol. The number of nitrogens with zero attached hydrogens (tertiary/aromatic N) is 1. The zero-order chi connectivity index (χ0) is 13.5. The topological polar surface area (TPSA) is 29.5 Å². The minimum Gasteiger partial charge on any atom is -0.469 e. The maximum Gasteiger partial charge on any atom is 0.306 e. The van der Waals surface area contributed by atoms with Gasteiger partial charge in [0.1, 0.15) is 5.82 Å². The highest BCUT2D eigenvalue weighted by molar-refractivity contribution is 6.31. The third kappa shape index (κ3) is 4.63. The van der Waals surface area contributed by atoms with Gasteiger partial charge < -0.3 is 4.74 Å². The van der Waals surface area contributed by atoms with Gasteiger partial charge in [0, 0.05) is 18.1 Å². The number of rotatable bonds is 6. The molecule has 3 nitrogen and oxygen atoms in total. The first-order valence-electron chi connectivity index (χ1n) is 5.80. The van der Waals surface area contributed by atoms with Gasteiger partial charge in [-0.1, -0.05) is 24.6 Å². The molecule has 1 aromatic carbocycles. The highest BCUT2D eigenvalue weighted by Gasteiger charge is 2.10. The molecule has 0 aliphatic heterocycles. The molecule has 0 unspecified atom stereocenters. The fourth-order valence-corrected chi connectivity index (χ4v) is 1.82. The Kier molecular flexibility index (Phi) is 6.09. The largest absolute Gasteiger partial charge is 0.469 e. The lowest BCUT2D eigenvalue weighted by molar-refractivity contribution is -0.141. The van der Waals surface area contributed by atoms with Crippen molar-refractivity contribution in [1.82, 2.24) is 4.90 Å². The van der Waals surface area contributed by atoms with Crippen LogP contribution in [0.5, 0.6) is 0 Å². The average molecular weight is 274 g/mol. The van der Waals surface area contributed by atoms with Crippen molar-refractivity contribution in [3.05, 3.63) is 34.6 Å². The average Bonchev–Trinajstić information content (AvgIpc) is 2.36. The summed E-state index contributed by atoms with van der Waals surface area (Å²) in [5, 5.41) is 0.409. The van der Waals surface area contributed by atoms with Gasteiger partial charge in [-0.3, -0.25) is 9.69 Å².